The number of halogens is 1. The quantitative estimate of drug-likeness (QED) is 0.588. The zero-order valence-corrected chi connectivity index (χ0v) is 8.43. The second-order valence-electron chi connectivity index (χ2n) is 2.78. The Morgan fingerprint density at radius 3 is 2.43 bits per heavy atom. The van der Waals surface area contributed by atoms with Crippen LogP contribution in [-0.4, -0.2) is 12.5 Å². The minimum atomic E-state index is 0.0981. The van der Waals surface area contributed by atoms with Crippen molar-refractivity contribution in [2.45, 2.75) is 11.3 Å². The van der Waals surface area contributed by atoms with E-state index in [1.807, 2.05) is 12.1 Å². The molecule has 0 heterocycles. The third kappa shape index (κ3) is 3.66. The lowest BCUT2D eigenvalue weighted by Gasteiger charge is -1.99. The summed E-state index contributed by atoms with van der Waals surface area (Å²) in [6.45, 7) is 0.560. The van der Waals surface area contributed by atoms with E-state index in [1.165, 1.54) is 0 Å². The van der Waals surface area contributed by atoms with E-state index >= 15 is 0 Å². The first-order chi connectivity index (χ1) is 6.72. The van der Waals surface area contributed by atoms with Crippen LogP contribution in [0.15, 0.2) is 34.2 Å². The third-order valence-electron chi connectivity index (χ3n) is 1.71. The van der Waals surface area contributed by atoms with Crippen LogP contribution in [0.2, 0.25) is 0 Å². The topological polar surface area (TPSA) is 64.4 Å². The standard InChI is InChI=1S/C9H12FN3S/c10-14-8-3-1-7(2-4-8)5-6-13-9(11)12/h1-4H,5-6H2,(H4,11,12,13). The van der Waals surface area contributed by atoms with Crippen LogP contribution in [0.4, 0.5) is 3.89 Å². The molecule has 0 unspecified atom stereocenters. The van der Waals surface area contributed by atoms with Gasteiger partial charge in [-0.1, -0.05) is 12.1 Å². The van der Waals surface area contributed by atoms with Gasteiger partial charge >= 0.3 is 0 Å². The largest absolute Gasteiger partial charge is 0.370 e. The number of benzene rings is 1. The van der Waals surface area contributed by atoms with Crippen LogP contribution in [0, 0.1) is 0 Å². The number of rotatable bonds is 4. The first-order valence-corrected chi connectivity index (χ1v) is 4.87. The lowest BCUT2D eigenvalue weighted by molar-refractivity contribution is 0.931. The molecule has 0 aromatic heterocycles. The van der Waals surface area contributed by atoms with Gasteiger partial charge in [-0.05, 0) is 24.1 Å². The fourth-order valence-corrected chi connectivity index (χ4v) is 1.26. The molecule has 0 aliphatic rings. The molecule has 76 valence electrons. The van der Waals surface area contributed by atoms with Crippen molar-refractivity contribution in [3.8, 4) is 0 Å². The minimum Gasteiger partial charge on any atom is -0.370 e. The fourth-order valence-electron chi connectivity index (χ4n) is 1.02. The number of nitrogens with zero attached hydrogens (tertiary/aromatic N) is 1. The number of guanidine groups is 1. The summed E-state index contributed by atoms with van der Waals surface area (Å²) in [5.41, 5.74) is 11.4. The predicted octanol–water partition coefficient (Wildman–Crippen LogP) is 1.48. The SMILES string of the molecule is NC(N)=NCCc1ccc(SF)cc1. The monoisotopic (exact) mass is 213 g/mol. The molecule has 3 nitrogen and oxygen atoms in total. The summed E-state index contributed by atoms with van der Waals surface area (Å²) in [5, 5.41) is 0. The molecule has 0 aliphatic carbocycles. The van der Waals surface area contributed by atoms with Crippen molar-refractivity contribution < 1.29 is 3.89 Å². The van der Waals surface area contributed by atoms with Gasteiger partial charge in [0.15, 0.2) is 5.96 Å². The maximum absolute atomic E-state index is 12.1. The molecular formula is C9H12FN3S. The average molecular weight is 213 g/mol. The van der Waals surface area contributed by atoms with E-state index in [4.69, 9.17) is 11.5 Å². The second kappa shape index (κ2) is 5.49. The minimum absolute atomic E-state index is 0.0981. The molecule has 0 saturated heterocycles. The highest BCUT2D eigenvalue weighted by Crippen LogP contribution is 2.18. The highest BCUT2D eigenvalue weighted by atomic mass is 32.2. The normalized spacial score (nSPS) is 9.79. The van der Waals surface area contributed by atoms with Gasteiger partial charge in [-0.15, -0.1) is 0 Å². The smallest absolute Gasteiger partial charge is 0.185 e. The summed E-state index contributed by atoms with van der Waals surface area (Å²) in [6, 6.07) is 7.19. The van der Waals surface area contributed by atoms with Gasteiger partial charge in [-0.25, -0.2) is 0 Å². The molecule has 4 N–H and O–H groups in total. The highest BCUT2D eigenvalue weighted by molar-refractivity contribution is 7.94. The van der Waals surface area contributed by atoms with E-state index in [9.17, 15) is 3.89 Å². The summed E-state index contributed by atoms with van der Waals surface area (Å²) < 4.78 is 12.1. The second-order valence-corrected chi connectivity index (χ2v) is 3.40. The van der Waals surface area contributed by atoms with Crippen molar-refractivity contribution in [2.24, 2.45) is 16.5 Å². The number of nitrogens with two attached hydrogens (primary N) is 2. The first-order valence-electron chi connectivity index (χ1n) is 4.15. The number of aliphatic imine (C=N–C) groups is 1. The van der Waals surface area contributed by atoms with Crippen molar-refractivity contribution in [3.63, 3.8) is 0 Å². The molecule has 1 aromatic rings. The molecule has 0 amide bonds. The van der Waals surface area contributed by atoms with Crippen LogP contribution >= 0.6 is 12.1 Å². The van der Waals surface area contributed by atoms with Crippen molar-refractivity contribution in [1.82, 2.24) is 0 Å². The van der Waals surface area contributed by atoms with Crippen molar-refractivity contribution >= 4 is 18.1 Å². The fraction of sp³-hybridized carbons (Fsp3) is 0.222. The van der Waals surface area contributed by atoms with E-state index in [0.29, 0.717) is 11.4 Å². The van der Waals surface area contributed by atoms with Gasteiger partial charge in [0.2, 0.25) is 0 Å². The summed E-state index contributed by atoms with van der Waals surface area (Å²) in [5.74, 6) is 0.0981. The Hall–Kier alpha value is -1.23. The van der Waals surface area contributed by atoms with Crippen LogP contribution in [0.5, 0.6) is 0 Å². The van der Waals surface area contributed by atoms with E-state index in [0.717, 1.165) is 12.0 Å². The molecular weight excluding hydrogens is 201 g/mol. The van der Waals surface area contributed by atoms with Crippen LogP contribution in [0.1, 0.15) is 5.56 Å². The predicted molar refractivity (Wildman–Crippen MR) is 57.8 cm³/mol. The Balaban J connectivity index is 2.48. The lowest BCUT2D eigenvalue weighted by atomic mass is 10.1. The van der Waals surface area contributed by atoms with Crippen molar-refractivity contribution in [2.75, 3.05) is 6.54 Å². The summed E-state index contributed by atoms with van der Waals surface area (Å²) in [7, 11) is 0. The molecule has 0 fully saturated rings. The Morgan fingerprint density at radius 1 is 1.29 bits per heavy atom. The molecule has 5 heteroatoms. The third-order valence-corrected chi connectivity index (χ3v) is 2.16. The molecule has 0 aliphatic heterocycles. The van der Waals surface area contributed by atoms with Gasteiger partial charge in [-0.2, -0.15) is 3.89 Å². The zero-order chi connectivity index (χ0) is 10.4. The molecule has 1 aromatic carbocycles. The van der Waals surface area contributed by atoms with Gasteiger partial charge < -0.3 is 11.5 Å². The van der Waals surface area contributed by atoms with Crippen LogP contribution in [0.3, 0.4) is 0 Å². The van der Waals surface area contributed by atoms with E-state index < -0.39 is 0 Å². The average Bonchev–Trinajstić information content (AvgIpc) is 2.18. The Labute approximate surface area is 86.7 Å². The van der Waals surface area contributed by atoms with Gasteiger partial charge in [0.25, 0.3) is 0 Å². The van der Waals surface area contributed by atoms with Crippen molar-refractivity contribution in [1.29, 1.82) is 0 Å². The van der Waals surface area contributed by atoms with Gasteiger partial charge in [0.1, 0.15) is 0 Å². The molecule has 0 radical (unpaired) electrons. The van der Waals surface area contributed by atoms with Gasteiger partial charge in [-0.3, -0.25) is 4.99 Å². The molecule has 0 spiro atoms. The molecule has 0 saturated carbocycles. The molecule has 14 heavy (non-hydrogen) atoms. The summed E-state index contributed by atoms with van der Waals surface area (Å²) in [4.78, 5) is 4.46. The van der Waals surface area contributed by atoms with Crippen LogP contribution < -0.4 is 11.5 Å². The number of hydrogen-bond acceptors (Lipinski definition) is 2. The lowest BCUT2D eigenvalue weighted by Crippen LogP contribution is -2.23. The Bertz CT molecular complexity index is 306. The molecule has 0 atom stereocenters. The Kier molecular flexibility index (Phi) is 4.25. The molecule has 1 rings (SSSR count). The number of hydrogen-bond donors (Lipinski definition) is 2. The Morgan fingerprint density at radius 2 is 1.93 bits per heavy atom. The maximum Gasteiger partial charge on any atom is 0.185 e. The highest BCUT2D eigenvalue weighted by Gasteiger charge is 1.94. The first kappa shape index (κ1) is 10.8. The summed E-state index contributed by atoms with van der Waals surface area (Å²) >= 11 is 0.239. The van der Waals surface area contributed by atoms with Gasteiger partial charge in [0, 0.05) is 11.4 Å². The van der Waals surface area contributed by atoms with E-state index in [2.05, 4.69) is 4.99 Å². The van der Waals surface area contributed by atoms with E-state index in [1.54, 1.807) is 12.1 Å². The van der Waals surface area contributed by atoms with Crippen LogP contribution in [-0.2, 0) is 6.42 Å². The van der Waals surface area contributed by atoms with Gasteiger partial charge in [0.05, 0.1) is 12.1 Å². The van der Waals surface area contributed by atoms with E-state index in [-0.39, 0.29) is 18.1 Å². The van der Waals surface area contributed by atoms with Crippen LogP contribution in [0.25, 0.3) is 0 Å². The zero-order valence-electron chi connectivity index (χ0n) is 7.61. The maximum atomic E-state index is 12.1. The summed E-state index contributed by atoms with van der Waals surface area (Å²) in [6.07, 6.45) is 0.759. The molecule has 0 bridgehead atoms. The van der Waals surface area contributed by atoms with Crippen molar-refractivity contribution in [3.05, 3.63) is 29.8 Å².